The average Bonchev–Trinajstić information content (AvgIpc) is 3.05. The minimum absolute atomic E-state index is 0.250. The largest absolute Gasteiger partial charge is 0.483 e. The summed E-state index contributed by atoms with van der Waals surface area (Å²) in [7, 11) is 0. The van der Waals surface area contributed by atoms with Crippen molar-refractivity contribution >= 4 is 28.3 Å². The Labute approximate surface area is 127 Å². The average molecular weight is 293 g/mol. The Kier molecular flexibility index (Phi) is 5.70. The van der Waals surface area contributed by atoms with Crippen LogP contribution < -0.4 is 0 Å². The van der Waals surface area contributed by atoms with Gasteiger partial charge < -0.3 is 9.52 Å². The number of carbonyl (C=O) groups is 1. The van der Waals surface area contributed by atoms with E-state index in [0.29, 0.717) is 0 Å². The number of hydrogen-bond acceptors (Lipinski definition) is 3. The molecule has 0 fully saturated rings. The molecule has 0 aliphatic heterocycles. The van der Waals surface area contributed by atoms with Gasteiger partial charge in [-0.3, -0.25) is 9.78 Å². The molecule has 2 aromatic carbocycles. The van der Waals surface area contributed by atoms with Gasteiger partial charge in [0.1, 0.15) is 5.58 Å². The van der Waals surface area contributed by atoms with Crippen LogP contribution in [0.5, 0.6) is 0 Å². The summed E-state index contributed by atoms with van der Waals surface area (Å²) in [4.78, 5) is 12.5. The number of benzene rings is 2. The molecule has 0 aliphatic carbocycles. The Balaban J connectivity index is 0.000000137. The first kappa shape index (κ1) is 15.3. The van der Waals surface area contributed by atoms with Gasteiger partial charge in [-0.05, 0) is 24.3 Å². The highest BCUT2D eigenvalue weighted by Crippen LogP contribution is 2.12. The summed E-state index contributed by atoms with van der Waals surface area (Å²) in [5.74, 6) is 0. The molecular formula is C18H15NO3. The molecular weight excluding hydrogens is 278 g/mol. The molecule has 0 amide bonds. The van der Waals surface area contributed by atoms with Crippen molar-refractivity contribution in [2.75, 3.05) is 0 Å². The lowest BCUT2D eigenvalue weighted by molar-refractivity contribution is -0.122. The fourth-order valence-electron chi connectivity index (χ4n) is 1.92. The molecule has 1 N–H and O–H groups in total. The molecule has 4 heteroatoms. The summed E-state index contributed by atoms with van der Waals surface area (Å²) in [6.07, 6.45) is 3.51. The van der Waals surface area contributed by atoms with Crippen molar-refractivity contribution in [3.8, 4) is 0 Å². The first-order valence-electron chi connectivity index (χ1n) is 6.65. The molecule has 0 saturated carbocycles. The van der Waals surface area contributed by atoms with E-state index in [0.717, 1.165) is 16.5 Å². The second-order valence-corrected chi connectivity index (χ2v) is 4.26. The van der Waals surface area contributed by atoms with Gasteiger partial charge in [0.25, 0.3) is 6.47 Å². The third-order valence-electron chi connectivity index (χ3n) is 2.87. The van der Waals surface area contributed by atoms with Crippen LogP contribution in [-0.2, 0) is 4.79 Å². The van der Waals surface area contributed by atoms with Gasteiger partial charge >= 0.3 is 0 Å². The number of hydrogen-bond donors (Lipinski definition) is 1. The summed E-state index contributed by atoms with van der Waals surface area (Å²) < 4.78 is 5.12. The molecule has 110 valence electrons. The number of pyridine rings is 1. The van der Waals surface area contributed by atoms with E-state index >= 15 is 0 Å². The summed E-state index contributed by atoms with van der Waals surface area (Å²) in [5.41, 5.74) is 2.02. The molecule has 0 atom stereocenters. The lowest BCUT2D eigenvalue weighted by Crippen LogP contribution is -1.73. The monoisotopic (exact) mass is 293 g/mol. The molecule has 0 unspecified atom stereocenters. The molecule has 0 saturated heterocycles. The first-order chi connectivity index (χ1) is 10.8. The minimum atomic E-state index is -0.250. The van der Waals surface area contributed by atoms with E-state index in [4.69, 9.17) is 14.3 Å². The number of fused-ring (bicyclic) bond motifs is 2. The number of nitrogens with zero attached hydrogens (tertiary/aromatic N) is 1. The van der Waals surface area contributed by atoms with Crippen LogP contribution in [0, 0.1) is 0 Å². The lowest BCUT2D eigenvalue weighted by atomic mass is 10.2. The fraction of sp³-hybridized carbons (Fsp3) is 0. The van der Waals surface area contributed by atoms with Gasteiger partial charge in [0.2, 0.25) is 0 Å². The van der Waals surface area contributed by atoms with Gasteiger partial charge in [-0.25, -0.2) is 0 Å². The van der Waals surface area contributed by atoms with Gasteiger partial charge in [-0.2, -0.15) is 0 Å². The maximum absolute atomic E-state index is 8.36. The molecule has 0 aliphatic rings. The molecule has 0 bridgehead atoms. The number of aromatic nitrogens is 1. The summed E-state index contributed by atoms with van der Waals surface area (Å²) >= 11 is 0. The molecule has 4 nitrogen and oxygen atoms in total. The Bertz CT molecular complexity index is 744. The predicted molar refractivity (Wildman–Crippen MR) is 86.6 cm³/mol. The van der Waals surface area contributed by atoms with Gasteiger partial charge in [0.05, 0.1) is 11.8 Å². The van der Waals surface area contributed by atoms with Crippen molar-refractivity contribution in [3.05, 3.63) is 79.2 Å². The van der Waals surface area contributed by atoms with Crippen molar-refractivity contribution in [2.24, 2.45) is 0 Å². The van der Waals surface area contributed by atoms with Crippen molar-refractivity contribution < 1.29 is 14.3 Å². The second-order valence-electron chi connectivity index (χ2n) is 4.26. The van der Waals surface area contributed by atoms with E-state index in [1.807, 2.05) is 60.8 Å². The summed E-state index contributed by atoms with van der Waals surface area (Å²) in [6.45, 7) is -0.250. The maximum Gasteiger partial charge on any atom is 0.290 e. The predicted octanol–water partition coefficient (Wildman–Crippen LogP) is 4.37. The molecule has 22 heavy (non-hydrogen) atoms. The number of rotatable bonds is 0. The van der Waals surface area contributed by atoms with Gasteiger partial charge in [-0.15, -0.1) is 0 Å². The van der Waals surface area contributed by atoms with Crippen molar-refractivity contribution in [2.45, 2.75) is 0 Å². The van der Waals surface area contributed by atoms with E-state index in [9.17, 15) is 0 Å². The fourth-order valence-corrected chi connectivity index (χ4v) is 1.92. The SMILES string of the molecule is O=CO.c1ccc2ncccc2c1.c1ccc2occc2c1. The zero-order valence-corrected chi connectivity index (χ0v) is 11.8. The molecule has 2 heterocycles. The van der Waals surface area contributed by atoms with E-state index in [-0.39, 0.29) is 6.47 Å². The highest BCUT2D eigenvalue weighted by Gasteiger charge is 1.89. The van der Waals surface area contributed by atoms with Crippen molar-refractivity contribution in [1.29, 1.82) is 0 Å². The number of para-hydroxylation sites is 2. The normalized spacial score (nSPS) is 9.27. The second kappa shape index (κ2) is 8.21. The summed E-state index contributed by atoms with van der Waals surface area (Å²) in [6, 6.07) is 22.0. The quantitative estimate of drug-likeness (QED) is 0.489. The van der Waals surface area contributed by atoms with Crippen LogP contribution in [0.3, 0.4) is 0 Å². The molecule has 4 rings (SSSR count). The minimum Gasteiger partial charge on any atom is -0.483 e. The van der Waals surface area contributed by atoms with Crippen LogP contribution in [0.1, 0.15) is 0 Å². The van der Waals surface area contributed by atoms with Crippen molar-refractivity contribution in [1.82, 2.24) is 4.98 Å². The smallest absolute Gasteiger partial charge is 0.290 e. The maximum atomic E-state index is 8.36. The lowest BCUT2D eigenvalue weighted by Gasteiger charge is -1.91. The zero-order chi connectivity index (χ0) is 15.6. The standard InChI is InChI=1S/C9H7N.C8H6O.CH2O2/c1-2-6-9-8(4-1)5-3-7-10-9;1-2-4-8-7(3-1)5-6-9-8;2-1-3/h1-7H;1-6H;1H,(H,2,3). The van der Waals surface area contributed by atoms with Crippen LogP contribution >= 0.6 is 0 Å². The Hall–Kier alpha value is -3.14. The molecule has 0 radical (unpaired) electrons. The molecule has 0 spiro atoms. The Morgan fingerprint density at radius 1 is 0.864 bits per heavy atom. The Morgan fingerprint density at radius 3 is 2.23 bits per heavy atom. The molecule has 2 aromatic heterocycles. The van der Waals surface area contributed by atoms with E-state index in [2.05, 4.69) is 17.1 Å². The van der Waals surface area contributed by atoms with E-state index < -0.39 is 0 Å². The van der Waals surface area contributed by atoms with E-state index in [1.165, 1.54) is 5.39 Å². The number of furan rings is 1. The Morgan fingerprint density at radius 2 is 1.50 bits per heavy atom. The molecule has 4 aromatic rings. The van der Waals surface area contributed by atoms with Crippen LogP contribution in [0.4, 0.5) is 0 Å². The van der Waals surface area contributed by atoms with Gasteiger partial charge in [0, 0.05) is 17.0 Å². The van der Waals surface area contributed by atoms with Crippen LogP contribution in [0.25, 0.3) is 21.9 Å². The van der Waals surface area contributed by atoms with Crippen LogP contribution in [0.15, 0.2) is 83.6 Å². The topological polar surface area (TPSA) is 63.3 Å². The third-order valence-corrected chi connectivity index (χ3v) is 2.87. The first-order valence-corrected chi connectivity index (χ1v) is 6.65. The zero-order valence-electron chi connectivity index (χ0n) is 11.8. The summed E-state index contributed by atoms with van der Waals surface area (Å²) in [5, 5.41) is 9.25. The van der Waals surface area contributed by atoms with Gasteiger partial charge in [0.15, 0.2) is 0 Å². The number of carboxylic acid groups (broad SMARTS) is 1. The van der Waals surface area contributed by atoms with Crippen molar-refractivity contribution in [3.63, 3.8) is 0 Å². The van der Waals surface area contributed by atoms with Crippen LogP contribution in [-0.4, -0.2) is 16.6 Å². The third kappa shape index (κ3) is 4.18. The highest BCUT2D eigenvalue weighted by atomic mass is 16.3. The van der Waals surface area contributed by atoms with Crippen LogP contribution in [0.2, 0.25) is 0 Å². The van der Waals surface area contributed by atoms with E-state index in [1.54, 1.807) is 6.26 Å². The van der Waals surface area contributed by atoms with Gasteiger partial charge in [-0.1, -0.05) is 42.5 Å². The highest BCUT2D eigenvalue weighted by molar-refractivity contribution is 5.77.